The third-order valence-electron chi connectivity index (χ3n) is 12.4. The van der Waals surface area contributed by atoms with Crippen molar-refractivity contribution in [2.75, 3.05) is 22.9 Å². The molecule has 0 unspecified atom stereocenters. The third-order valence-corrected chi connectivity index (χ3v) is 18.7. The van der Waals surface area contributed by atoms with E-state index >= 15 is 0 Å². The average Bonchev–Trinajstić information content (AvgIpc) is 3.53. The molecule has 44 heavy (non-hydrogen) atoms. The van der Waals surface area contributed by atoms with Crippen LogP contribution in [0.3, 0.4) is 0 Å². The van der Waals surface area contributed by atoms with E-state index in [1.807, 2.05) is 5.54 Å². The number of nitrogens with zero attached hydrogens (tertiary/aromatic N) is 2. The molecule has 3 heteroatoms. The number of hydrogen-bond donors (Lipinski definition) is 0. The first kappa shape index (κ1) is 32.3. The number of hydrogen-bond acceptors (Lipinski definition) is 0. The van der Waals surface area contributed by atoms with Gasteiger partial charge in [-0.05, 0) is 103 Å². The predicted molar refractivity (Wildman–Crippen MR) is 198 cm³/mol. The molecule has 6 rings (SSSR count). The van der Waals surface area contributed by atoms with Gasteiger partial charge in [-0.15, -0.1) is 0 Å². The van der Waals surface area contributed by atoms with Crippen LogP contribution in [0.25, 0.3) is 0 Å². The molecule has 0 N–H and O–H groups in total. The number of aryl methyl sites for hydroxylation is 4. The van der Waals surface area contributed by atoms with Gasteiger partial charge >= 0.3 is 0 Å². The Morgan fingerprint density at radius 2 is 0.773 bits per heavy atom. The van der Waals surface area contributed by atoms with Crippen molar-refractivity contribution in [2.45, 2.75) is 167 Å². The second kappa shape index (κ2) is 14.8. The van der Waals surface area contributed by atoms with Crippen LogP contribution in [-0.4, -0.2) is 35.6 Å². The molecule has 2 aromatic carbocycles. The lowest BCUT2D eigenvalue weighted by molar-refractivity contribution is 0.458. The van der Waals surface area contributed by atoms with E-state index in [1.165, 1.54) is 96.3 Å². The fraction of sp³-hybridized carbons (Fsp3) is 0.683. The Morgan fingerprint density at radius 3 is 1.05 bits per heavy atom. The maximum absolute atomic E-state index is 3.05. The lowest BCUT2D eigenvalue weighted by Crippen LogP contribution is -2.44. The van der Waals surface area contributed by atoms with Crippen molar-refractivity contribution < 1.29 is 0 Å². The minimum Gasteiger partial charge on any atom is -0.326 e. The van der Waals surface area contributed by atoms with Gasteiger partial charge in [0.25, 0.3) is 0 Å². The lowest BCUT2D eigenvalue weighted by atomic mass is 9.99. The Hall–Kier alpha value is -1.66. The second-order valence-corrected chi connectivity index (χ2v) is 18.8. The summed E-state index contributed by atoms with van der Waals surface area (Å²) in [6.45, 7) is 10.4. The van der Waals surface area contributed by atoms with Crippen LogP contribution in [0, 0.1) is 0 Å². The summed E-state index contributed by atoms with van der Waals surface area (Å²) in [5.74, 6) is 0. The van der Waals surface area contributed by atoms with E-state index in [-0.39, 0.29) is 0 Å². The molecule has 0 aromatic heterocycles. The zero-order valence-corrected chi connectivity index (χ0v) is 29.8. The highest BCUT2D eigenvalue weighted by molar-refractivity contribution is 7.78. The van der Waals surface area contributed by atoms with Crippen LogP contribution in [0.4, 0.5) is 11.4 Å². The van der Waals surface area contributed by atoms with Crippen LogP contribution in [0.5, 0.6) is 0 Å². The zero-order valence-electron chi connectivity index (χ0n) is 28.9. The van der Waals surface area contributed by atoms with Gasteiger partial charge in [0.05, 0.1) is 0 Å². The van der Waals surface area contributed by atoms with E-state index in [9.17, 15) is 0 Å². The molecule has 1 heterocycles. The van der Waals surface area contributed by atoms with Crippen molar-refractivity contribution in [3.05, 3.63) is 58.7 Å². The molecule has 4 fully saturated rings. The molecule has 242 valence electrons. The molecule has 3 saturated carbocycles. The summed E-state index contributed by atoms with van der Waals surface area (Å²) >= 11 is 0. The van der Waals surface area contributed by atoms with E-state index < -0.39 is 6.89 Å². The number of benzene rings is 2. The number of rotatable bonds is 9. The Kier molecular flexibility index (Phi) is 10.9. The SMILES string of the molecule is CCc1cccc(CC)c1N1CCN(c2c(CC)cccc2CC)C1=P(C1CCCCC1)(C1CCCCC1)C1CCCCC1. The van der Waals surface area contributed by atoms with Crippen molar-refractivity contribution >= 4 is 23.8 Å². The standard InChI is InChI=1S/C41H63N2P/c1-5-32-20-18-21-33(6-2)39(32)42-30-31-43(40-34(7-3)22-19-23-35(40)8-4)41(42)44(36-24-12-9-13-25-36,37-26-14-10-15-27-37)38-28-16-11-17-29-38/h18-23,36-38H,5-17,24-31H2,1-4H3. The van der Waals surface area contributed by atoms with Crippen molar-refractivity contribution in [3.63, 3.8) is 0 Å². The van der Waals surface area contributed by atoms with Gasteiger partial charge in [0.1, 0.15) is 5.54 Å². The summed E-state index contributed by atoms with van der Waals surface area (Å²) in [5, 5.41) is 0. The Bertz CT molecular complexity index is 1130. The number of para-hydroxylation sites is 2. The minimum atomic E-state index is -1.57. The highest BCUT2D eigenvalue weighted by atomic mass is 31.2. The van der Waals surface area contributed by atoms with Crippen LogP contribution in [0.15, 0.2) is 36.4 Å². The van der Waals surface area contributed by atoms with Crippen molar-refractivity contribution in [1.82, 2.24) is 0 Å². The molecular formula is C41H63N2P. The first-order valence-corrected chi connectivity index (χ1v) is 21.2. The molecule has 0 bridgehead atoms. The van der Waals surface area contributed by atoms with Crippen LogP contribution in [0.2, 0.25) is 0 Å². The molecule has 1 aliphatic heterocycles. The molecule has 0 atom stereocenters. The Balaban J connectivity index is 1.74. The molecule has 1 saturated heterocycles. The van der Waals surface area contributed by atoms with E-state index in [1.54, 1.807) is 33.6 Å². The van der Waals surface area contributed by atoms with E-state index in [2.05, 4.69) is 73.9 Å². The molecule has 0 radical (unpaired) electrons. The van der Waals surface area contributed by atoms with Gasteiger partial charge in [0, 0.05) is 24.5 Å². The van der Waals surface area contributed by atoms with Gasteiger partial charge in [0.2, 0.25) is 0 Å². The van der Waals surface area contributed by atoms with Gasteiger partial charge in [-0.2, -0.15) is 0 Å². The van der Waals surface area contributed by atoms with E-state index in [4.69, 9.17) is 0 Å². The highest BCUT2D eigenvalue weighted by Crippen LogP contribution is 2.71. The summed E-state index contributed by atoms with van der Waals surface area (Å²) in [6.07, 6.45) is 26.7. The second-order valence-electron chi connectivity index (χ2n) is 14.6. The van der Waals surface area contributed by atoms with Crippen LogP contribution >= 0.6 is 6.89 Å². The topological polar surface area (TPSA) is 6.48 Å². The molecule has 3 aliphatic carbocycles. The van der Waals surface area contributed by atoms with Crippen LogP contribution < -0.4 is 9.80 Å². The van der Waals surface area contributed by atoms with E-state index in [0.29, 0.717) is 0 Å². The Morgan fingerprint density at radius 1 is 0.477 bits per heavy atom. The smallest absolute Gasteiger partial charge is 0.109 e. The quantitative estimate of drug-likeness (QED) is 0.259. The maximum Gasteiger partial charge on any atom is 0.109 e. The first-order valence-electron chi connectivity index (χ1n) is 19.2. The summed E-state index contributed by atoms with van der Waals surface area (Å²) in [4.78, 5) is 6.10. The summed E-state index contributed by atoms with van der Waals surface area (Å²) in [6, 6.07) is 14.6. The van der Waals surface area contributed by atoms with Crippen molar-refractivity contribution in [3.8, 4) is 0 Å². The highest BCUT2D eigenvalue weighted by Gasteiger charge is 2.50. The largest absolute Gasteiger partial charge is 0.326 e. The van der Waals surface area contributed by atoms with Crippen LogP contribution in [-0.2, 0) is 25.7 Å². The fourth-order valence-electron chi connectivity index (χ4n) is 10.4. The van der Waals surface area contributed by atoms with Gasteiger partial charge in [-0.1, -0.05) is 129 Å². The lowest BCUT2D eigenvalue weighted by Gasteiger charge is -2.53. The Labute approximate surface area is 271 Å². The average molecular weight is 615 g/mol. The van der Waals surface area contributed by atoms with Gasteiger partial charge in [-0.3, -0.25) is 0 Å². The van der Waals surface area contributed by atoms with Gasteiger partial charge in [0.15, 0.2) is 0 Å². The van der Waals surface area contributed by atoms with Crippen molar-refractivity contribution in [2.24, 2.45) is 0 Å². The summed E-state index contributed by atoms with van der Waals surface area (Å²) in [7, 11) is 0. The van der Waals surface area contributed by atoms with Crippen molar-refractivity contribution in [1.29, 1.82) is 0 Å². The fourth-order valence-corrected chi connectivity index (χ4v) is 18.1. The molecular weight excluding hydrogens is 551 g/mol. The molecule has 2 nitrogen and oxygen atoms in total. The minimum absolute atomic E-state index is 0.929. The monoisotopic (exact) mass is 614 g/mol. The van der Waals surface area contributed by atoms with Gasteiger partial charge in [-0.25, -0.2) is 0 Å². The summed E-state index contributed by atoms with van der Waals surface area (Å²) < 4.78 is 0. The van der Waals surface area contributed by atoms with E-state index in [0.717, 1.165) is 55.7 Å². The van der Waals surface area contributed by atoms with Crippen LogP contribution in [0.1, 0.15) is 146 Å². The maximum atomic E-state index is 3.05. The number of anilines is 2. The molecule has 0 spiro atoms. The predicted octanol–water partition coefficient (Wildman–Crippen LogP) is 11.4. The molecule has 2 aromatic rings. The van der Waals surface area contributed by atoms with Gasteiger partial charge < -0.3 is 9.80 Å². The molecule has 0 amide bonds. The zero-order chi connectivity index (χ0) is 30.5. The first-order chi connectivity index (χ1) is 21.7. The molecule has 4 aliphatic rings. The third kappa shape index (κ3) is 5.85. The normalized spacial score (nSPS) is 21.4. The summed E-state index contributed by atoms with van der Waals surface area (Å²) in [5.41, 5.74) is 14.2.